The van der Waals surface area contributed by atoms with Crippen LogP contribution >= 0.6 is 0 Å². The highest BCUT2D eigenvalue weighted by Crippen LogP contribution is 2.24. The molecule has 20 heavy (non-hydrogen) atoms. The molecular formula is C15H20N3O2+. The van der Waals surface area contributed by atoms with Crippen molar-refractivity contribution < 1.29 is 14.1 Å². The number of benzene rings is 1. The van der Waals surface area contributed by atoms with Crippen molar-refractivity contribution in [1.29, 1.82) is 0 Å². The zero-order valence-corrected chi connectivity index (χ0v) is 11.9. The molecule has 1 fully saturated rings. The number of amides is 1. The lowest BCUT2D eigenvalue weighted by Crippen LogP contribution is -3.12. The van der Waals surface area contributed by atoms with Crippen LogP contribution in [0.4, 0.5) is 0 Å². The molecule has 1 saturated heterocycles. The molecule has 1 aromatic carbocycles. The Hall–Kier alpha value is -1.85. The summed E-state index contributed by atoms with van der Waals surface area (Å²) in [6.45, 7) is 5.75. The third kappa shape index (κ3) is 2.42. The number of rotatable bonds is 2. The molecule has 1 aliphatic heterocycles. The highest BCUT2D eigenvalue weighted by Gasteiger charge is 2.22. The lowest BCUT2D eigenvalue weighted by Gasteiger charge is -2.29. The topological polar surface area (TPSA) is 49.9 Å². The van der Waals surface area contributed by atoms with E-state index in [-0.39, 0.29) is 5.91 Å². The first-order valence-corrected chi connectivity index (χ1v) is 7.00. The fourth-order valence-electron chi connectivity index (χ4n) is 2.59. The monoisotopic (exact) mass is 274 g/mol. The molecule has 2 heterocycles. The van der Waals surface area contributed by atoms with Crippen LogP contribution in [0, 0.1) is 6.92 Å². The molecule has 0 saturated carbocycles. The number of hydrazine groups is 1. The molecule has 0 aliphatic carbocycles. The number of carbonyl (C=O) groups excluding carboxylic acids is 1. The zero-order valence-electron chi connectivity index (χ0n) is 11.9. The van der Waals surface area contributed by atoms with E-state index in [2.05, 4.69) is 12.5 Å². The van der Waals surface area contributed by atoms with Crippen molar-refractivity contribution in [2.45, 2.75) is 6.92 Å². The van der Waals surface area contributed by atoms with Crippen LogP contribution in [0.5, 0.6) is 0 Å². The Morgan fingerprint density at radius 2 is 2.00 bits per heavy atom. The molecule has 0 radical (unpaired) electrons. The first-order chi connectivity index (χ1) is 9.65. The SMILES string of the molecule is Cc1c(C(=O)NN2CC[NH+](C)CC2)oc2ccccc12. The average Bonchev–Trinajstić information content (AvgIpc) is 2.79. The molecule has 3 rings (SSSR count). The second-order valence-electron chi connectivity index (χ2n) is 5.44. The van der Waals surface area contributed by atoms with Crippen molar-refractivity contribution in [2.24, 2.45) is 0 Å². The van der Waals surface area contributed by atoms with Crippen molar-refractivity contribution in [2.75, 3.05) is 33.2 Å². The standard InChI is InChI=1S/C15H19N3O2/c1-11-12-5-3-4-6-13(12)20-14(11)15(19)16-18-9-7-17(2)8-10-18/h3-6H,7-10H2,1-2H3,(H,16,19)/p+1. The number of hydrogen-bond acceptors (Lipinski definition) is 3. The maximum Gasteiger partial charge on any atom is 0.301 e. The van der Waals surface area contributed by atoms with Gasteiger partial charge in [-0.25, -0.2) is 5.01 Å². The number of para-hydroxylation sites is 1. The molecule has 5 heteroatoms. The Bertz CT molecular complexity index is 627. The Labute approximate surface area is 118 Å². The third-order valence-corrected chi connectivity index (χ3v) is 3.93. The Morgan fingerprint density at radius 3 is 2.70 bits per heavy atom. The van der Waals surface area contributed by atoms with Gasteiger partial charge in [0.05, 0.1) is 33.2 Å². The summed E-state index contributed by atoms with van der Waals surface area (Å²) in [5.74, 6) is 0.260. The number of carbonyl (C=O) groups is 1. The summed E-state index contributed by atoms with van der Waals surface area (Å²) in [4.78, 5) is 13.8. The summed E-state index contributed by atoms with van der Waals surface area (Å²) >= 11 is 0. The predicted octanol–water partition coefficient (Wildman–Crippen LogP) is 0.216. The van der Waals surface area contributed by atoms with Crippen LogP contribution in [0.3, 0.4) is 0 Å². The summed E-state index contributed by atoms with van der Waals surface area (Å²) in [5, 5.41) is 2.97. The molecule has 5 nitrogen and oxygen atoms in total. The number of quaternary nitrogens is 1. The van der Waals surface area contributed by atoms with E-state index in [0.29, 0.717) is 5.76 Å². The number of nitrogens with zero attached hydrogens (tertiary/aromatic N) is 1. The fraction of sp³-hybridized carbons (Fsp3) is 0.400. The van der Waals surface area contributed by atoms with Crippen molar-refractivity contribution in [3.8, 4) is 0 Å². The van der Waals surface area contributed by atoms with Crippen molar-refractivity contribution in [3.05, 3.63) is 35.6 Å². The first-order valence-electron chi connectivity index (χ1n) is 7.00. The van der Waals surface area contributed by atoms with Crippen molar-refractivity contribution >= 4 is 16.9 Å². The summed E-state index contributed by atoms with van der Waals surface area (Å²) in [7, 11) is 2.17. The van der Waals surface area contributed by atoms with Crippen LogP contribution in [0.15, 0.2) is 28.7 Å². The molecule has 0 atom stereocenters. The van der Waals surface area contributed by atoms with Crippen molar-refractivity contribution in [3.63, 3.8) is 0 Å². The van der Waals surface area contributed by atoms with Gasteiger partial charge in [0.15, 0.2) is 5.76 Å². The van der Waals surface area contributed by atoms with Gasteiger partial charge in [0.1, 0.15) is 5.58 Å². The molecular weight excluding hydrogens is 254 g/mol. The van der Waals surface area contributed by atoms with E-state index in [1.807, 2.05) is 36.2 Å². The lowest BCUT2D eigenvalue weighted by atomic mass is 10.1. The van der Waals surface area contributed by atoms with Gasteiger partial charge in [-0.2, -0.15) is 0 Å². The van der Waals surface area contributed by atoms with Gasteiger partial charge in [0.25, 0.3) is 0 Å². The number of nitrogens with one attached hydrogen (secondary N) is 2. The minimum atomic E-state index is -0.154. The first kappa shape index (κ1) is 13.1. The number of aryl methyl sites for hydroxylation is 1. The van der Waals surface area contributed by atoms with E-state index in [1.165, 1.54) is 4.90 Å². The Balaban J connectivity index is 1.77. The van der Waals surface area contributed by atoms with Crippen LogP contribution < -0.4 is 10.3 Å². The number of hydrogen-bond donors (Lipinski definition) is 2. The van der Waals surface area contributed by atoms with E-state index in [9.17, 15) is 4.79 Å². The molecule has 2 aromatic rings. The van der Waals surface area contributed by atoms with Gasteiger partial charge < -0.3 is 9.32 Å². The molecule has 2 N–H and O–H groups in total. The Kier molecular flexibility index (Phi) is 3.46. The normalized spacial score (nSPS) is 17.5. The summed E-state index contributed by atoms with van der Waals surface area (Å²) < 4.78 is 5.68. The quantitative estimate of drug-likeness (QED) is 0.823. The Morgan fingerprint density at radius 1 is 1.30 bits per heavy atom. The highest BCUT2D eigenvalue weighted by molar-refractivity contribution is 5.98. The largest absolute Gasteiger partial charge is 0.451 e. The summed E-state index contributed by atoms with van der Waals surface area (Å²) in [5.41, 5.74) is 4.61. The second-order valence-corrected chi connectivity index (χ2v) is 5.44. The maximum atomic E-state index is 12.3. The van der Waals surface area contributed by atoms with Crippen LogP contribution in [0.2, 0.25) is 0 Å². The summed E-state index contributed by atoms with van der Waals surface area (Å²) in [6, 6.07) is 7.73. The zero-order chi connectivity index (χ0) is 14.1. The van der Waals surface area contributed by atoms with Gasteiger partial charge in [-0.1, -0.05) is 18.2 Å². The molecule has 1 aromatic heterocycles. The van der Waals surface area contributed by atoms with Crippen LogP contribution in [0.1, 0.15) is 16.1 Å². The van der Waals surface area contributed by atoms with Gasteiger partial charge in [0.2, 0.25) is 0 Å². The van der Waals surface area contributed by atoms with Crippen molar-refractivity contribution in [1.82, 2.24) is 10.4 Å². The summed E-state index contributed by atoms with van der Waals surface area (Å²) in [6.07, 6.45) is 0. The van der Waals surface area contributed by atoms with Crippen LogP contribution in [-0.2, 0) is 0 Å². The molecule has 0 bridgehead atoms. The van der Waals surface area contributed by atoms with E-state index in [4.69, 9.17) is 4.42 Å². The molecule has 1 amide bonds. The predicted molar refractivity (Wildman–Crippen MR) is 76.6 cm³/mol. The van der Waals surface area contributed by atoms with E-state index in [1.54, 1.807) is 0 Å². The number of fused-ring (bicyclic) bond motifs is 1. The van der Waals surface area contributed by atoms with E-state index >= 15 is 0 Å². The van der Waals surface area contributed by atoms with E-state index < -0.39 is 0 Å². The minimum absolute atomic E-state index is 0.154. The van der Waals surface area contributed by atoms with Gasteiger partial charge >= 0.3 is 5.91 Å². The third-order valence-electron chi connectivity index (χ3n) is 3.93. The molecule has 0 spiro atoms. The molecule has 1 aliphatic rings. The maximum absolute atomic E-state index is 12.3. The number of likely N-dealkylation sites (N-methyl/N-ethyl adjacent to an activating group) is 1. The smallest absolute Gasteiger partial charge is 0.301 e. The van der Waals surface area contributed by atoms with Gasteiger partial charge in [-0.05, 0) is 13.0 Å². The number of furan rings is 1. The number of piperazine rings is 1. The average molecular weight is 274 g/mol. The van der Waals surface area contributed by atoms with E-state index in [0.717, 1.165) is 42.7 Å². The second kappa shape index (κ2) is 5.26. The van der Waals surface area contributed by atoms with Gasteiger partial charge in [0, 0.05) is 10.9 Å². The van der Waals surface area contributed by atoms with Crippen LogP contribution in [0.25, 0.3) is 11.0 Å². The lowest BCUT2D eigenvalue weighted by molar-refractivity contribution is -0.884. The minimum Gasteiger partial charge on any atom is -0.451 e. The molecule has 0 unspecified atom stereocenters. The van der Waals surface area contributed by atoms with Gasteiger partial charge in [-0.15, -0.1) is 0 Å². The highest BCUT2D eigenvalue weighted by atomic mass is 16.3. The fourth-order valence-corrected chi connectivity index (χ4v) is 2.59. The van der Waals surface area contributed by atoms with Gasteiger partial charge in [-0.3, -0.25) is 10.2 Å². The molecule has 106 valence electrons. The van der Waals surface area contributed by atoms with Crippen LogP contribution in [-0.4, -0.2) is 44.1 Å².